The van der Waals surface area contributed by atoms with Gasteiger partial charge in [-0.05, 0) is 24.6 Å². The summed E-state index contributed by atoms with van der Waals surface area (Å²) < 4.78 is 16.3. The first-order valence-corrected chi connectivity index (χ1v) is 6.99. The van der Waals surface area contributed by atoms with E-state index in [9.17, 15) is 4.79 Å². The molecule has 1 aliphatic rings. The predicted octanol–water partition coefficient (Wildman–Crippen LogP) is 1.67. The van der Waals surface area contributed by atoms with Gasteiger partial charge in [0.15, 0.2) is 11.5 Å². The van der Waals surface area contributed by atoms with Gasteiger partial charge >= 0.3 is 5.97 Å². The van der Waals surface area contributed by atoms with Crippen molar-refractivity contribution in [2.75, 3.05) is 26.4 Å². The van der Waals surface area contributed by atoms with Crippen molar-refractivity contribution in [1.82, 2.24) is 5.32 Å². The number of carbonyl (C=O) groups is 1. The van der Waals surface area contributed by atoms with Gasteiger partial charge in [-0.1, -0.05) is 12.0 Å². The van der Waals surface area contributed by atoms with Crippen LogP contribution in [0, 0.1) is 12.3 Å². The molecule has 0 aliphatic carbocycles. The zero-order valence-electron chi connectivity index (χ0n) is 12.1. The van der Waals surface area contributed by atoms with Gasteiger partial charge in [0, 0.05) is 6.42 Å². The number of rotatable bonds is 5. The van der Waals surface area contributed by atoms with Gasteiger partial charge in [0.2, 0.25) is 0 Å². The van der Waals surface area contributed by atoms with E-state index in [1.54, 1.807) is 19.1 Å². The molecule has 0 fully saturated rings. The second-order valence-corrected chi connectivity index (χ2v) is 4.53. The number of hydrogen-bond acceptors (Lipinski definition) is 5. The SMILES string of the molecule is C#CCNC(C(=O)OCC)c1ccc2c(c1)OCCCO2. The number of terminal acetylenes is 1. The van der Waals surface area contributed by atoms with E-state index in [2.05, 4.69) is 11.2 Å². The fourth-order valence-electron chi connectivity index (χ4n) is 2.08. The monoisotopic (exact) mass is 289 g/mol. The lowest BCUT2D eigenvalue weighted by molar-refractivity contribution is -0.145. The van der Waals surface area contributed by atoms with Gasteiger partial charge in [-0.2, -0.15) is 0 Å². The molecule has 1 heterocycles. The van der Waals surface area contributed by atoms with Crippen LogP contribution in [0.3, 0.4) is 0 Å². The summed E-state index contributed by atoms with van der Waals surface area (Å²) in [5.41, 5.74) is 0.743. The minimum absolute atomic E-state index is 0.276. The highest BCUT2D eigenvalue weighted by Crippen LogP contribution is 2.32. The molecule has 1 aromatic carbocycles. The number of ether oxygens (including phenoxy) is 3. The predicted molar refractivity (Wildman–Crippen MR) is 78.3 cm³/mol. The summed E-state index contributed by atoms with van der Waals surface area (Å²) in [7, 11) is 0. The summed E-state index contributed by atoms with van der Waals surface area (Å²) in [4.78, 5) is 12.1. The van der Waals surface area contributed by atoms with Gasteiger partial charge in [-0.3, -0.25) is 5.32 Å². The largest absolute Gasteiger partial charge is 0.490 e. The second-order valence-electron chi connectivity index (χ2n) is 4.53. The van der Waals surface area contributed by atoms with Crippen molar-refractivity contribution in [1.29, 1.82) is 0 Å². The van der Waals surface area contributed by atoms with Crippen LogP contribution in [0.2, 0.25) is 0 Å². The molecule has 0 saturated carbocycles. The van der Waals surface area contributed by atoms with Gasteiger partial charge in [-0.15, -0.1) is 6.42 Å². The summed E-state index contributed by atoms with van der Waals surface area (Å²) in [6.07, 6.45) is 6.09. The molecule has 1 unspecified atom stereocenters. The highest BCUT2D eigenvalue weighted by Gasteiger charge is 2.23. The Bertz CT molecular complexity index is 536. The molecule has 0 amide bonds. The van der Waals surface area contributed by atoms with E-state index >= 15 is 0 Å². The fraction of sp³-hybridized carbons (Fsp3) is 0.438. The standard InChI is InChI=1S/C16H19NO4/c1-3-8-17-15(16(18)19-4-2)12-6-7-13-14(11-12)21-10-5-9-20-13/h1,6-7,11,15,17H,4-5,8-10H2,2H3. The molecule has 1 atom stereocenters. The summed E-state index contributed by atoms with van der Waals surface area (Å²) in [6.45, 7) is 3.58. The highest BCUT2D eigenvalue weighted by atomic mass is 16.5. The number of hydrogen-bond donors (Lipinski definition) is 1. The Morgan fingerprint density at radius 3 is 2.90 bits per heavy atom. The molecular formula is C16H19NO4. The zero-order chi connectivity index (χ0) is 15.1. The third-order valence-corrected chi connectivity index (χ3v) is 3.04. The average molecular weight is 289 g/mol. The van der Waals surface area contributed by atoms with Gasteiger partial charge in [0.1, 0.15) is 6.04 Å². The molecule has 0 aromatic heterocycles. The van der Waals surface area contributed by atoms with Crippen molar-refractivity contribution in [3.05, 3.63) is 23.8 Å². The summed E-state index contributed by atoms with van der Waals surface area (Å²) >= 11 is 0. The van der Waals surface area contributed by atoms with E-state index in [1.165, 1.54) is 0 Å². The lowest BCUT2D eigenvalue weighted by Gasteiger charge is -2.18. The number of nitrogens with one attached hydrogen (secondary N) is 1. The van der Waals surface area contributed by atoms with Crippen molar-refractivity contribution in [2.24, 2.45) is 0 Å². The Balaban J connectivity index is 2.24. The first-order valence-electron chi connectivity index (χ1n) is 6.99. The minimum atomic E-state index is -0.613. The molecule has 0 radical (unpaired) electrons. The van der Waals surface area contributed by atoms with Crippen LogP contribution in [0.25, 0.3) is 0 Å². The highest BCUT2D eigenvalue weighted by molar-refractivity contribution is 5.78. The smallest absolute Gasteiger partial charge is 0.327 e. The molecule has 112 valence electrons. The molecule has 1 aromatic rings. The molecule has 0 saturated heterocycles. The van der Waals surface area contributed by atoms with Crippen LogP contribution in [-0.4, -0.2) is 32.3 Å². The van der Waals surface area contributed by atoms with Crippen LogP contribution in [0.1, 0.15) is 24.9 Å². The van der Waals surface area contributed by atoms with E-state index in [0.29, 0.717) is 31.3 Å². The molecular weight excluding hydrogens is 270 g/mol. The third-order valence-electron chi connectivity index (χ3n) is 3.04. The normalized spacial score (nSPS) is 14.7. The maximum absolute atomic E-state index is 12.1. The second kappa shape index (κ2) is 7.55. The van der Waals surface area contributed by atoms with Crippen molar-refractivity contribution in [2.45, 2.75) is 19.4 Å². The van der Waals surface area contributed by atoms with Gasteiger partial charge in [0.25, 0.3) is 0 Å². The molecule has 0 bridgehead atoms. The number of fused-ring (bicyclic) bond motifs is 1. The molecule has 0 spiro atoms. The molecule has 21 heavy (non-hydrogen) atoms. The number of carbonyl (C=O) groups excluding carboxylic acids is 1. The Labute approximate surface area is 124 Å². The molecule has 5 nitrogen and oxygen atoms in total. The van der Waals surface area contributed by atoms with E-state index < -0.39 is 6.04 Å². The van der Waals surface area contributed by atoms with Crippen LogP contribution < -0.4 is 14.8 Å². The Kier molecular flexibility index (Phi) is 5.47. The minimum Gasteiger partial charge on any atom is -0.490 e. The lowest BCUT2D eigenvalue weighted by Crippen LogP contribution is -2.30. The van der Waals surface area contributed by atoms with Crippen molar-refractivity contribution < 1.29 is 19.0 Å². The van der Waals surface area contributed by atoms with Gasteiger partial charge < -0.3 is 14.2 Å². The van der Waals surface area contributed by atoms with Crippen LogP contribution >= 0.6 is 0 Å². The van der Waals surface area contributed by atoms with E-state index in [0.717, 1.165) is 12.0 Å². The first kappa shape index (κ1) is 15.2. The van der Waals surface area contributed by atoms with Crippen LogP contribution in [-0.2, 0) is 9.53 Å². The average Bonchev–Trinajstić information content (AvgIpc) is 2.72. The Morgan fingerprint density at radius 2 is 2.19 bits per heavy atom. The zero-order valence-corrected chi connectivity index (χ0v) is 12.1. The topological polar surface area (TPSA) is 56.8 Å². The van der Waals surface area contributed by atoms with E-state index in [1.807, 2.05) is 6.07 Å². The molecule has 5 heteroatoms. The summed E-state index contributed by atoms with van der Waals surface area (Å²) in [5, 5.41) is 2.99. The van der Waals surface area contributed by atoms with Crippen molar-refractivity contribution in [3.63, 3.8) is 0 Å². The van der Waals surface area contributed by atoms with Crippen molar-refractivity contribution >= 4 is 5.97 Å². The summed E-state index contributed by atoms with van der Waals surface area (Å²) in [6, 6.07) is 4.81. The fourth-order valence-corrected chi connectivity index (χ4v) is 2.08. The maximum atomic E-state index is 12.1. The maximum Gasteiger partial charge on any atom is 0.327 e. The van der Waals surface area contributed by atoms with Gasteiger partial charge in [0.05, 0.1) is 26.4 Å². The Hall–Kier alpha value is -2.19. The number of benzene rings is 1. The Morgan fingerprint density at radius 1 is 1.43 bits per heavy atom. The van der Waals surface area contributed by atoms with Crippen LogP contribution in [0.4, 0.5) is 0 Å². The van der Waals surface area contributed by atoms with E-state index in [-0.39, 0.29) is 12.5 Å². The summed E-state index contributed by atoms with van der Waals surface area (Å²) in [5.74, 6) is 3.43. The molecule has 1 N–H and O–H groups in total. The quantitative estimate of drug-likeness (QED) is 0.660. The van der Waals surface area contributed by atoms with Crippen LogP contribution in [0.15, 0.2) is 18.2 Å². The number of esters is 1. The van der Waals surface area contributed by atoms with E-state index in [4.69, 9.17) is 20.6 Å². The van der Waals surface area contributed by atoms with Crippen molar-refractivity contribution in [3.8, 4) is 23.8 Å². The first-order chi connectivity index (χ1) is 10.3. The molecule has 1 aliphatic heterocycles. The molecule has 2 rings (SSSR count). The van der Waals surface area contributed by atoms with Gasteiger partial charge in [-0.25, -0.2) is 4.79 Å². The van der Waals surface area contributed by atoms with Crippen LogP contribution in [0.5, 0.6) is 11.5 Å². The lowest BCUT2D eigenvalue weighted by atomic mass is 10.1. The third kappa shape index (κ3) is 3.89.